The highest BCUT2D eigenvalue weighted by Crippen LogP contribution is 2.30. The SMILES string of the molecule is O=C(c1cn(C2CCNCC2)nn1)N(Cc1ccccc1F)C1CC1. The number of hydrogen-bond donors (Lipinski definition) is 1. The molecule has 1 saturated carbocycles. The Morgan fingerprint density at radius 2 is 2.00 bits per heavy atom. The average molecular weight is 343 g/mol. The van der Waals surface area contributed by atoms with E-state index in [2.05, 4.69) is 15.6 Å². The summed E-state index contributed by atoms with van der Waals surface area (Å²) in [7, 11) is 0. The van der Waals surface area contributed by atoms with Crippen LogP contribution in [-0.2, 0) is 6.54 Å². The number of piperidine rings is 1. The van der Waals surface area contributed by atoms with E-state index in [1.54, 1.807) is 29.3 Å². The lowest BCUT2D eigenvalue weighted by molar-refractivity contribution is 0.0722. The van der Waals surface area contributed by atoms with E-state index in [1.165, 1.54) is 6.07 Å². The maximum absolute atomic E-state index is 14.0. The number of hydrogen-bond acceptors (Lipinski definition) is 4. The van der Waals surface area contributed by atoms with E-state index in [9.17, 15) is 9.18 Å². The van der Waals surface area contributed by atoms with E-state index in [0.717, 1.165) is 38.8 Å². The molecule has 1 aliphatic heterocycles. The first-order chi connectivity index (χ1) is 12.2. The van der Waals surface area contributed by atoms with Crippen molar-refractivity contribution in [2.24, 2.45) is 0 Å². The fraction of sp³-hybridized carbons (Fsp3) is 0.500. The first kappa shape index (κ1) is 16.2. The van der Waals surface area contributed by atoms with E-state index in [0.29, 0.717) is 11.3 Å². The van der Waals surface area contributed by atoms with Crippen LogP contribution in [0.2, 0.25) is 0 Å². The number of rotatable bonds is 5. The molecule has 2 heterocycles. The van der Waals surface area contributed by atoms with E-state index in [1.807, 2.05) is 4.68 Å². The Morgan fingerprint density at radius 3 is 2.72 bits per heavy atom. The zero-order valence-electron chi connectivity index (χ0n) is 14.1. The van der Waals surface area contributed by atoms with Gasteiger partial charge in [-0.05, 0) is 44.8 Å². The van der Waals surface area contributed by atoms with Crippen molar-refractivity contribution in [2.75, 3.05) is 13.1 Å². The molecule has 7 heteroatoms. The molecule has 0 unspecified atom stereocenters. The Balaban J connectivity index is 1.51. The normalized spacial score (nSPS) is 18.3. The summed E-state index contributed by atoms with van der Waals surface area (Å²) < 4.78 is 15.8. The minimum absolute atomic E-state index is 0.161. The minimum Gasteiger partial charge on any atom is -0.330 e. The molecule has 25 heavy (non-hydrogen) atoms. The number of carbonyl (C=O) groups is 1. The number of nitrogens with zero attached hydrogens (tertiary/aromatic N) is 4. The molecule has 6 nitrogen and oxygen atoms in total. The maximum Gasteiger partial charge on any atom is 0.276 e. The maximum atomic E-state index is 14.0. The van der Waals surface area contributed by atoms with Crippen LogP contribution in [0.15, 0.2) is 30.5 Å². The first-order valence-electron chi connectivity index (χ1n) is 8.89. The molecule has 2 fully saturated rings. The summed E-state index contributed by atoms with van der Waals surface area (Å²) in [6, 6.07) is 7.07. The van der Waals surface area contributed by atoms with Crippen molar-refractivity contribution in [3.63, 3.8) is 0 Å². The summed E-state index contributed by atoms with van der Waals surface area (Å²) in [5, 5.41) is 11.6. The molecular formula is C18H22FN5O. The Hall–Kier alpha value is -2.28. The van der Waals surface area contributed by atoms with E-state index in [-0.39, 0.29) is 30.4 Å². The Morgan fingerprint density at radius 1 is 1.24 bits per heavy atom. The number of carbonyl (C=O) groups excluding carboxylic acids is 1. The van der Waals surface area contributed by atoms with Gasteiger partial charge in [0, 0.05) is 18.2 Å². The van der Waals surface area contributed by atoms with Crippen molar-refractivity contribution >= 4 is 5.91 Å². The van der Waals surface area contributed by atoms with Gasteiger partial charge in [-0.15, -0.1) is 5.10 Å². The van der Waals surface area contributed by atoms with Crippen LogP contribution in [0, 0.1) is 5.82 Å². The molecule has 1 aromatic heterocycles. The molecule has 0 radical (unpaired) electrons. The molecule has 1 aliphatic carbocycles. The molecule has 1 saturated heterocycles. The summed E-state index contributed by atoms with van der Waals surface area (Å²) in [5.74, 6) is -0.440. The lowest BCUT2D eigenvalue weighted by atomic mass is 10.1. The van der Waals surface area contributed by atoms with E-state index >= 15 is 0 Å². The summed E-state index contributed by atoms with van der Waals surface area (Å²) in [5.41, 5.74) is 0.885. The summed E-state index contributed by atoms with van der Waals surface area (Å²) in [6.07, 6.45) is 5.64. The van der Waals surface area contributed by atoms with Gasteiger partial charge < -0.3 is 10.2 Å². The standard InChI is InChI=1S/C18H22FN5O/c19-16-4-2-1-3-13(16)11-23(14-5-6-14)18(25)17-12-24(22-21-17)15-7-9-20-10-8-15/h1-4,12,14-15,20H,5-11H2. The fourth-order valence-electron chi connectivity index (χ4n) is 3.33. The van der Waals surface area contributed by atoms with Crippen molar-refractivity contribution in [1.29, 1.82) is 0 Å². The molecule has 0 bridgehead atoms. The first-order valence-corrected chi connectivity index (χ1v) is 8.89. The fourth-order valence-corrected chi connectivity index (χ4v) is 3.33. The molecule has 132 valence electrons. The van der Waals surface area contributed by atoms with Crippen LogP contribution in [0.3, 0.4) is 0 Å². The topological polar surface area (TPSA) is 63.1 Å². The third-order valence-corrected chi connectivity index (χ3v) is 4.96. The third kappa shape index (κ3) is 3.56. The Bertz CT molecular complexity index is 751. The van der Waals surface area contributed by atoms with Crippen LogP contribution in [0.4, 0.5) is 4.39 Å². The second-order valence-electron chi connectivity index (χ2n) is 6.82. The van der Waals surface area contributed by atoms with Gasteiger partial charge in [0.05, 0.1) is 12.2 Å². The van der Waals surface area contributed by atoms with Crippen molar-refractivity contribution in [2.45, 2.75) is 44.3 Å². The monoisotopic (exact) mass is 343 g/mol. The predicted molar refractivity (Wildman–Crippen MR) is 90.5 cm³/mol. The molecule has 2 aromatic rings. The third-order valence-electron chi connectivity index (χ3n) is 4.96. The van der Waals surface area contributed by atoms with Gasteiger partial charge in [0.25, 0.3) is 5.91 Å². The quantitative estimate of drug-likeness (QED) is 0.904. The van der Waals surface area contributed by atoms with Gasteiger partial charge in [-0.25, -0.2) is 9.07 Å². The molecule has 1 aromatic carbocycles. The number of nitrogens with one attached hydrogen (secondary N) is 1. The van der Waals surface area contributed by atoms with Crippen LogP contribution < -0.4 is 5.32 Å². The predicted octanol–water partition coefficient (Wildman–Crippen LogP) is 2.15. The van der Waals surface area contributed by atoms with Gasteiger partial charge in [-0.3, -0.25) is 4.79 Å². The van der Waals surface area contributed by atoms with Crippen molar-refractivity contribution in [1.82, 2.24) is 25.2 Å². The van der Waals surface area contributed by atoms with Crippen molar-refractivity contribution in [3.05, 3.63) is 47.5 Å². The number of benzene rings is 1. The molecule has 2 aliphatic rings. The molecular weight excluding hydrogens is 321 g/mol. The molecule has 4 rings (SSSR count). The summed E-state index contributed by atoms with van der Waals surface area (Å²) in [6.45, 7) is 2.18. The lowest BCUT2D eigenvalue weighted by Crippen LogP contribution is -2.33. The van der Waals surface area contributed by atoms with E-state index < -0.39 is 0 Å². The van der Waals surface area contributed by atoms with Crippen molar-refractivity contribution in [3.8, 4) is 0 Å². The lowest BCUT2D eigenvalue weighted by Gasteiger charge is -2.22. The van der Waals surface area contributed by atoms with Crippen LogP contribution in [0.1, 0.15) is 47.8 Å². The van der Waals surface area contributed by atoms with Gasteiger partial charge in [0.1, 0.15) is 5.82 Å². The van der Waals surface area contributed by atoms with Crippen LogP contribution >= 0.6 is 0 Å². The van der Waals surface area contributed by atoms with Gasteiger partial charge in [-0.2, -0.15) is 0 Å². The van der Waals surface area contributed by atoms with Gasteiger partial charge in [0.2, 0.25) is 0 Å². The van der Waals surface area contributed by atoms with Gasteiger partial charge in [-0.1, -0.05) is 23.4 Å². The molecule has 0 atom stereocenters. The molecule has 1 N–H and O–H groups in total. The highest BCUT2D eigenvalue weighted by molar-refractivity contribution is 5.92. The van der Waals surface area contributed by atoms with Crippen LogP contribution in [0.25, 0.3) is 0 Å². The highest BCUT2D eigenvalue weighted by Gasteiger charge is 2.35. The average Bonchev–Trinajstić information content (AvgIpc) is 3.36. The highest BCUT2D eigenvalue weighted by atomic mass is 19.1. The smallest absolute Gasteiger partial charge is 0.276 e. The van der Waals surface area contributed by atoms with Crippen LogP contribution in [-0.4, -0.2) is 44.9 Å². The van der Waals surface area contributed by atoms with Crippen LogP contribution in [0.5, 0.6) is 0 Å². The Kier molecular flexibility index (Phi) is 4.48. The van der Waals surface area contributed by atoms with E-state index in [4.69, 9.17) is 0 Å². The summed E-state index contributed by atoms with van der Waals surface area (Å²) >= 11 is 0. The largest absolute Gasteiger partial charge is 0.330 e. The Labute approximate surface area is 146 Å². The van der Waals surface area contributed by atoms with Gasteiger partial charge in [0.15, 0.2) is 5.69 Å². The summed E-state index contributed by atoms with van der Waals surface area (Å²) in [4.78, 5) is 14.6. The molecule has 1 amide bonds. The van der Waals surface area contributed by atoms with Gasteiger partial charge >= 0.3 is 0 Å². The number of aromatic nitrogens is 3. The zero-order chi connectivity index (χ0) is 17.2. The number of amides is 1. The second kappa shape index (κ2) is 6.92. The number of halogens is 1. The zero-order valence-corrected chi connectivity index (χ0v) is 14.1. The second-order valence-corrected chi connectivity index (χ2v) is 6.82. The van der Waals surface area contributed by atoms with Crippen molar-refractivity contribution < 1.29 is 9.18 Å². The molecule has 0 spiro atoms. The minimum atomic E-state index is -0.278.